The first-order valence-electron chi connectivity index (χ1n) is 5.30. The molecule has 0 aromatic heterocycles. The summed E-state index contributed by atoms with van der Waals surface area (Å²) in [6, 6.07) is 0. The van der Waals surface area contributed by atoms with Crippen LogP contribution in [0.4, 0.5) is 0 Å². The number of ketones is 1. The van der Waals surface area contributed by atoms with Crippen LogP contribution >= 0.6 is 0 Å². The monoisotopic (exact) mass is 194 g/mol. The summed E-state index contributed by atoms with van der Waals surface area (Å²) in [5.74, 6) is 0.837. The molecule has 0 fully saturated rings. The summed E-state index contributed by atoms with van der Waals surface area (Å²) < 4.78 is 0. The number of carbonyl (C=O) groups is 1. The van der Waals surface area contributed by atoms with Crippen molar-refractivity contribution in [3.8, 4) is 0 Å². The van der Waals surface area contributed by atoms with E-state index in [0.29, 0.717) is 12.3 Å². The van der Waals surface area contributed by atoms with Crippen molar-refractivity contribution >= 4 is 5.78 Å². The summed E-state index contributed by atoms with van der Waals surface area (Å²) in [7, 11) is 0. The van der Waals surface area contributed by atoms with E-state index < -0.39 is 0 Å². The first-order chi connectivity index (χ1) is 6.47. The van der Waals surface area contributed by atoms with Crippen LogP contribution in [-0.4, -0.2) is 5.78 Å². The van der Waals surface area contributed by atoms with Gasteiger partial charge in [-0.05, 0) is 38.7 Å². The Morgan fingerprint density at radius 3 is 2.14 bits per heavy atom. The third-order valence-electron chi connectivity index (χ3n) is 2.18. The maximum absolute atomic E-state index is 10.9. The van der Waals surface area contributed by atoms with Gasteiger partial charge in [0.2, 0.25) is 0 Å². The van der Waals surface area contributed by atoms with E-state index >= 15 is 0 Å². The number of hydrogen-bond acceptors (Lipinski definition) is 1. The fourth-order valence-corrected chi connectivity index (χ4v) is 1.49. The molecule has 1 nitrogen and oxygen atoms in total. The molecule has 0 aliphatic carbocycles. The molecule has 0 heterocycles. The molecule has 0 rings (SSSR count). The van der Waals surface area contributed by atoms with E-state index in [1.807, 2.05) is 6.92 Å². The van der Waals surface area contributed by atoms with Gasteiger partial charge in [0.05, 0.1) is 0 Å². The van der Waals surface area contributed by atoms with Crippen molar-refractivity contribution in [2.24, 2.45) is 5.92 Å². The summed E-state index contributed by atoms with van der Waals surface area (Å²) in [4.78, 5) is 10.9. The number of allylic oxidation sites excluding steroid dienone is 4. The Kier molecular flexibility index (Phi) is 6.18. The number of hydrogen-bond donors (Lipinski definition) is 0. The number of rotatable bonds is 5. The average Bonchev–Trinajstić information content (AvgIpc) is 2.03. The predicted octanol–water partition coefficient (Wildman–Crippen LogP) is 3.90. The van der Waals surface area contributed by atoms with Gasteiger partial charge in [0.1, 0.15) is 5.78 Å². The molecule has 1 heteroatoms. The lowest BCUT2D eigenvalue weighted by molar-refractivity contribution is -0.116. The molecule has 0 unspecified atom stereocenters. The van der Waals surface area contributed by atoms with Gasteiger partial charge >= 0.3 is 0 Å². The first-order valence-corrected chi connectivity index (χ1v) is 5.30. The molecule has 0 atom stereocenters. The van der Waals surface area contributed by atoms with Gasteiger partial charge in [0.25, 0.3) is 0 Å². The maximum Gasteiger partial charge on any atom is 0.130 e. The minimum Gasteiger partial charge on any atom is -0.300 e. The SMILES string of the molecule is C/C=C(CCC(C)=O)\C(C)=C/C(C)C. The zero-order chi connectivity index (χ0) is 11.1. The molecule has 0 aromatic carbocycles. The smallest absolute Gasteiger partial charge is 0.130 e. The highest BCUT2D eigenvalue weighted by molar-refractivity contribution is 5.75. The molecular weight excluding hydrogens is 172 g/mol. The molecule has 14 heavy (non-hydrogen) atoms. The van der Waals surface area contributed by atoms with Crippen molar-refractivity contribution in [1.29, 1.82) is 0 Å². The highest BCUT2D eigenvalue weighted by Crippen LogP contribution is 2.17. The molecule has 0 spiro atoms. The van der Waals surface area contributed by atoms with E-state index in [4.69, 9.17) is 0 Å². The van der Waals surface area contributed by atoms with Crippen LogP contribution in [0.2, 0.25) is 0 Å². The Hall–Kier alpha value is -0.850. The average molecular weight is 194 g/mol. The molecule has 0 radical (unpaired) electrons. The number of Topliss-reactive ketones (excluding diaryl/α,β-unsaturated/α-hetero) is 1. The van der Waals surface area contributed by atoms with Crippen molar-refractivity contribution < 1.29 is 4.79 Å². The van der Waals surface area contributed by atoms with Crippen LogP contribution in [0.15, 0.2) is 23.3 Å². The third kappa shape index (κ3) is 5.74. The lowest BCUT2D eigenvalue weighted by Gasteiger charge is -2.07. The fourth-order valence-electron chi connectivity index (χ4n) is 1.49. The summed E-state index contributed by atoms with van der Waals surface area (Å²) >= 11 is 0. The fraction of sp³-hybridized carbons (Fsp3) is 0.615. The molecule has 0 saturated heterocycles. The van der Waals surface area contributed by atoms with Crippen LogP contribution in [0, 0.1) is 5.92 Å². The largest absolute Gasteiger partial charge is 0.300 e. The molecule has 0 aliphatic heterocycles. The van der Waals surface area contributed by atoms with Gasteiger partial charge in [-0.2, -0.15) is 0 Å². The Balaban J connectivity index is 4.36. The topological polar surface area (TPSA) is 17.1 Å². The summed E-state index contributed by atoms with van der Waals surface area (Å²) in [6.07, 6.45) is 5.89. The van der Waals surface area contributed by atoms with Crippen molar-refractivity contribution in [2.45, 2.75) is 47.5 Å². The van der Waals surface area contributed by atoms with Gasteiger partial charge in [0, 0.05) is 6.42 Å². The van der Waals surface area contributed by atoms with Crippen LogP contribution in [0.3, 0.4) is 0 Å². The van der Waals surface area contributed by atoms with Crippen LogP contribution < -0.4 is 0 Å². The normalized spacial score (nSPS) is 13.6. The van der Waals surface area contributed by atoms with Gasteiger partial charge in [-0.25, -0.2) is 0 Å². The van der Waals surface area contributed by atoms with E-state index in [0.717, 1.165) is 6.42 Å². The van der Waals surface area contributed by atoms with Gasteiger partial charge in [0.15, 0.2) is 0 Å². The highest BCUT2D eigenvalue weighted by atomic mass is 16.1. The second-order valence-corrected chi connectivity index (χ2v) is 4.11. The molecular formula is C13H22O. The summed E-state index contributed by atoms with van der Waals surface area (Å²) in [6.45, 7) is 10.1. The van der Waals surface area contributed by atoms with Crippen LogP contribution in [-0.2, 0) is 4.79 Å². The molecule has 0 bridgehead atoms. The minimum absolute atomic E-state index is 0.265. The molecule has 0 N–H and O–H groups in total. The third-order valence-corrected chi connectivity index (χ3v) is 2.18. The van der Waals surface area contributed by atoms with Crippen LogP contribution in [0.5, 0.6) is 0 Å². The standard InChI is InChI=1S/C13H22O/c1-6-13(8-7-12(5)14)11(4)9-10(2)3/h6,9-10H,7-8H2,1-5H3/b11-9-,13-6-. The van der Waals surface area contributed by atoms with Gasteiger partial charge in [-0.3, -0.25) is 0 Å². The van der Waals surface area contributed by atoms with Crippen LogP contribution in [0.1, 0.15) is 47.5 Å². The van der Waals surface area contributed by atoms with Crippen molar-refractivity contribution in [2.75, 3.05) is 0 Å². The molecule has 0 aromatic rings. The zero-order valence-electron chi connectivity index (χ0n) is 10.1. The second-order valence-electron chi connectivity index (χ2n) is 4.11. The predicted molar refractivity (Wildman–Crippen MR) is 62.3 cm³/mol. The number of carbonyl (C=O) groups excluding carboxylic acids is 1. The molecule has 0 aliphatic rings. The maximum atomic E-state index is 10.9. The Labute approximate surface area is 87.9 Å². The highest BCUT2D eigenvalue weighted by Gasteiger charge is 2.02. The zero-order valence-corrected chi connectivity index (χ0v) is 10.1. The molecule has 80 valence electrons. The van der Waals surface area contributed by atoms with Gasteiger partial charge < -0.3 is 4.79 Å². The quantitative estimate of drug-likeness (QED) is 0.606. The lowest BCUT2D eigenvalue weighted by Crippen LogP contribution is -1.94. The minimum atomic E-state index is 0.265. The molecule has 0 saturated carbocycles. The Morgan fingerprint density at radius 1 is 1.21 bits per heavy atom. The van der Waals surface area contributed by atoms with E-state index in [9.17, 15) is 4.79 Å². The van der Waals surface area contributed by atoms with Crippen molar-refractivity contribution in [1.82, 2.24) is 0 Å². The van der Waals surface area contributed by atoms with E-state index in [-0.39, 0.29) is 5.78 Å². The first kappa shape index (κ1) is 13.2. The van der Waals surface area contributed by atoms with Gasteiger partial charge in [-0.15, -0.1) is 0 Å². The van der Waals surface area contributed by atoms with E-state index in [2.05, 4.69) is 32.9 Å². The van der Waals surface area contributed by atoms with E-state index in [1.165, 1.54) is 11.1 Å². The van der Waals surface area contributed by atoms with Crippen molar-refractivity contribution in [3.63, 3.8) is 0 Å². The molecule has 0 amide bonds. The Morgan fingerprint density at radius 2 is 1.79 bits per heavy atom. The second kappa shape index (κ2) is 6.58. The van der Waals surface area contributed by atoms with Gasteiger partial charge in [-0.1, -0.05) is 31.6 Å². The Bertz CT molecular complexity index is 244. The van der Waals surface area contributed by atoms with Crippen LogP contribution in [0.25, 0.3) is 0 Å². The van der Waals surface area contributed by atoms with Crippen molar-refractivity contribution in [3.05, 3.63) is 23.3 Å². The lowest BCUT2D eigenvalue weighted by atomic mass is 9.98. The summed E-state index contributed by atoms with van der Waals surface area (Å²) in [5, 5.41) is 0. The summed E-state index contributed by atoms with van der Waals surface area (Å²) in [5.41, 5.74) is 2.61. The van der Waals surface area contributed by atoms with E-state index in [1.54, 1.807) is 6.92 Å².